The van der Waals surface area contributed by atoms with Gasteiger partial charge in [-0.1, -0.05) is 12.1 Å². The van der Waals surface area contributed by atoms with Gasteiger partial charge in [-0.15, -0.1) is 0 Å². The Morgan fingerprint density at radius 2 is 1.86 bits per heavy atom. The molecule has 1 aromatic carbocycles. The zero-order valence-corrected chi connectivity index (χ0v) is 16.5. The van der Waals surface area contributed by atoms with Gasteiger partial charge in [-0.2, -0.15) is 16.3 Å². The second kappa shape index (κ2) is 9.25. The average molecular weight is 399 g/mol. The van der Waals surface area contributed by atoms with Crippen molar-refractivity contribution in [2.75, 3.05) is 23.7 Å². The first kappa shape index (κ1) is 19.7. The van der Waals surface area contributed by atoms with Gasteiger partial charge in [0.05, 0.1) is 13.1 Å². The third kappa shape index (κ3) is 5.48. The number of hydrogen-bond donors (Lipinski definition) is 2. The van der Waals surface area contributed by atoms with E-state index >= 15 is 0 Å². The van der Waals surface area contributed by atoms with Crippen LogP contribution in [0.25, 0.3) is 11.4 Å². The lowest BCUT2D eigenvalue weighted by Crippen LogP contribution is -2.32. The van der Waals surface area contributed by atoms with Gasteiger partial charge in [-0.3, -0.25) is 14.5 Å². The maximum atomic E-state index is 12.3. The molecule has 0 saturated carbocycles. The van der Waals surface area contributed by atoms with E-state index in [1.54, 1.807) is 35.6 Å². The Morgan fingerprint density at radius 3 is 2.46 bits per heavy atom. The summed E-state index contributed by atoms with van der Waals surface area (Å²) in [4.78, 5) is 29.7. The molecule has 0 unspecified atom stereocenters. The van der Waals surface area contributed by atoms with Gasteiger partial charge in [-0.25, -0.2) is 0 Å². The Hall–Kier alpha value is -3.04. The van der Waals surface area contributed by atoms with E-state index in [2.05, 4.69) is 20.8 Å². The highest BCUT2D eigenvalue weighted by molar-refractivity contribution is 7.08. The van der Waals surface area contributed by atoms with Crippen LogP contribution in [0.2, 0.25) is 0 Å². The van der Waals surface area contributed by atoms with Crippen molar-refractivity contribution < 1.29 is 14.1 Å². The topological polar surface area (TPSA) is 100 Å². The molecule has 2 aromatic heterocycles. The lowest BCUT2D eigenvalue weighted by molar-refractivity contribution is -0.117. The fraction of sp³-hybridized carbons (Fsp3) is 0.263. The van der Waals surface area contributed by atoms with Gasteiger partial charge < -0.3 is 15.2 Å². The monoisotopic (exact) mass is 399 g/mol. The summed E-state index contributed by atoms with van der Waals surface area (Å²) < 4.78 is 5.30. The molecular formula is C19H21N5O3S. The van der Waals surface area contributed by atoms with E-state index in [4.69, 9.17) is 4.52 Å². The van der Waals surface area contributed by atoms with E-state index in [-0.39, 0.29) is 18.4 Å². The van der Waals surface area contributed by atoms with Crippen LogP contribution >= 0.6 is 11.3 Å². The molecule has 28 heavy (non-hydrogen) atoms. The van der Waals surface area contributed by atoms with Crippen LogP contribution < -0.4 is 10.6 Å². The van der Waals surface area contributed by atoms with Crippen molar-refractivity contribution in [3.63, 3.8) is 0 Å². The molecule has 0 fully saturated rings. The number of carbonyl (C=O) groups excluding carboxylic acids is 2. The van der Waals surface area contributed by atoms with Crippen LogP contribution in [0.5, 0.6) is 0 Å². The fourth-order valence-electron chi connectivity index (χ4n) is 2.54. The van der Waals surface area contributed by atoms with Crippen molar-refractivity contribution in [2.24, 2.45) is 0 Å². The minimum Gasteiger partial charge on any atom is -0.338 e. The highest BCUT2D eigenvalue weighted by Crippen LogP contribution is 2.19. The number of hydrogen-bond acceptors (Lipinski definition) is 7. The van der Waals surface area contributed by atoms with Crippen LogP contribution in [0.3, 0.4) is 0 Å². The molecule has 8 nitrogen and oxygen atoms in total. The van der Waals surface area contributed by atoms with Gasteiger partial charge in [0.1, 0.15) is 0 Å². The van der Waals surface area contributed by atoms with Gasteiger partial charge in [0, 0.05) is 29.2 Å². The maximum Gasteiger partial charge on any atom is 0.241 e. The molecule has 9 heteroatoms. The Morgan fingerprint density at radius 1 is 1.14 bits per heavy atom. The number of aromatic nitrogens is 2. The number of benzene rings is 1. The van der Waals surface area contributed by atoms with Crippen LogP contribution in [0.1, 0.15) is 19.7 Å². The summed E-state index contributed by atoms with van der Waals surface area (Å²) in [6.45, 7) is 4.65. The molecule has 146 valence electrons. The fourth-order valence-corrected chi connectivity index (χ4v) is 3.18. The lowest BCUT2D eigenvalue weighted by atomic mass is 10.2. The summed E-state index contributed by atoms with van der Waals surface area (Å²) in [7, 11) is 0. The standard InChI is InChI=1S/C19H21N5O3S/c1-3-24(11-18-22-19(23-27-18)14-8-9-28-12-14)10-17(26)21-16-6-4-15(5-7-16)20-13(2)25/h4-9,12H,3,10-11H2,1-2H3,(H,20,25)(H,21,26). The van der Waals surface area contributed by atoms with Crippen LogP contribution in [0, 0.1) is 0 Å². The second-order valence-electron chi connectivity index (χ2n) is 6.13. The van der Waals surface area contributed by atoms with E-state index in [0.29, 0.717) is 36.2 Å². The molecule has 0 aliphatic heterocycles. The summed E-state index contributed by atoms with van der Waals surface area (Å²) >= 11 is 1.57. The number of thiophene rings is 1. The van der Waals surface area contributed by atoms with Crippen molar-refractivity contribution in [1.29, 1.82) is 0 Å². The first-order valence-electron chi connectivity index (χ1n) is 8.78. The van der Waals surface area contributed by atoms with Crippen LogP contribution in [-0.2, 0) is 16.1 Å². The molecule has 2 N–H and O–H groups in total. The van der Waals surface area contributed by atoms with Crippen molar-refractivity contribution in [3.8, 4) is 11.4 Å². The molecule has 2 heterocycles. The largest absolute Gasteiger partial charge is 0.338 e. The number of rotatable bonds is 8. The minimum absolute atomic E-state index is 0.140. The molecule has 0 saturated heterocycles. The van der Waals surface area contributed by atoms with Gasteiger partial charge >= 0.3 is 0 Å². The predicted molar refractivity (Wildman–Crippen MR) is 108 cm³/mol. The van der Waals surface area contributed by atoms with Crippen LogP contribution in [0.15, 0.2) is 45.6 Å². The average Bonchev–Trinajstić information content (AvgIpc) is 3.34. The predicted octanol–water partition coefficient (Wildman–Crippen LogP) is 3.22. The van der Waals surface area contributed by atoms with Crippen molar-refractivity contribution in [2.45, 2.75) is 20.4 Å². The highest BCUT2D eigenvalue weighted by Gasteiger charge is 2.15. The Balaban J connectivity index is 1.54. The number of amides is 2. The van der Waals surface area contributed by atoms with Gasteiger partial charge in [0.2, 0.25) is 23.5 Å². The summed E-state index contributed by atoms with van der Waals surface area (Å²) in [5, 5.41) is 13.4. The number of anilines is 2. The normalized spacial score (nSPS) is 10.8. The van der Waals surface area contributed by atoms with Gasteiger partial charge in [-0.05, 0) is 42.3 Å². The first-order chi connectivity index (χ1) is 13.5. The van der Waals surface area contributed by atoms with E-state index in [0.717, 1.165) is 5.56 Å². The smallest absolute Gasteiger partial charge is 0.241 e. The molecule has 0 radical (unpaired) electrons. The van der Waals surface area contributed by atoms with Gasteiger partial charge in [0.15, 0.2) is 0 Å². The summed E-state index contributed by atoms with van der Waals surface area (Å²) in [6, 6.07) is 8.88. The molecule has 0 aliphatic rings. The van der Waals surface area contributed by atoms with Gasteiger partial charge in [0.25, 0.3) is 0 Å². The third-order valence-electron chi connectivity index (χ3n) is 3.91. The SMILES string of the molecule is CCN(CC(=O)Nc1ccc(NC(C)=O)cc1)Cc1nc(-c2ccsc2)no1. The zero-order valence-electron chi connectivity index (χ0n) is 15.6. The minimum atomic E-state index is -0.147. The van der Waals surface area contributed by atoms with E-state index in [9.17, 15) is 9.59 Å². The lowest BCUT2D eigenvalue weighted by Gasteiger charge is -2.17. The van der Waals surface area contributed by atoms with Crippen molar-refractivity contribution in [1.82, 2.24) is 15.0 Å². The number of carbonyl (C=O) groups is 2. The van der Waals surface area contributed by atoms with Crippen LogP contribution in [0.4, 0.5) is 11.4 Å². The molecule has 0 bridgehead atoms. The first-order valence-corrected chi connectivity index (χ1v) is 9.72. The highest BCUT2D eigenvalue weighted by atomic mass is 32.1. The zero-order chi connectivity index (χ0) is 19.9. The quantitative estimate of drug-likeness (QED) is 0.603. The number of nitrogens with one attached hydrogen (secondary N) is 2. The number of likely N-dealkylation sites (N-methyl/N-ethyl adjacent to an activating group) is 1. The Bertz CT molecular complexity index is 921. The third-order valence-corrected chi connectivity index (χ3v) is 4.59. The van der Waals surface area contributed by atoms with Crippen molar-refractivity contribution in [3.05, 3.63) is 47.0 Å². The van der Waals surface area contributed by atoms with E-state index in [1.165, 1.54) is 6.92 Å². The molecule has 2 amide bonds. The van der Waals surface area contributed by atoms with E-state index < -0.39 is 0 Å². The summed E-state index contributed by atoms with van der Waals surface area (Å²) in [5.74, 6) is 0.733. The summed E-state index contributed by atoms with van der Waals surface area (Å²) in [6.07, 6.45) is 0. The molecule has 3 aromatic rings. The molecular weight excluding hydrogens is 378 g/mol. The molecule has 0 spiro atoms. The van der Waals surface area contributed by atoms with Crippen molar-refractivity contribution >= 4 is 34.5 Å². The number of nitrogens with zero attached hydrogens (tertiary/aromatic N) is 3. The molecule has 3 rings (SSSR count). The molecule has 0 aliphatic carbocycles. The summed E-state index contributed by atoms with van der Waals surface area (Å²) in [5.41, 5.74) is 2.26. The Kier molecular flexibility index (Phi) is 6.51. The maximum absolute atomic E-state index is 12.3. The molecule has 0 atom stereocenters. The Labute approximate surface area is 166 Å². The van der Waals surface area contributed by atoms with Crippen LogP contribution in [-0.4, -0.2) is 39.9 Å². The van der Waals surface area contributed by atoms with E-state index in [1.807, 2.05) is 28.7 Å². The second-order valence-corrected chi connectivity index (χ2v) is 6.91.